The molecule has 28 heavy (non-hydrogen) atoms. The van der Waals surface area contributed by atoms with Crippen LogP contribution in [0.1, 0.15) is 29.8 Å². The van der Waals surface area contributed by atoms with Crippen LogP contribution in [0.3, 0.4) is 0 Å². The van der Waals surface area contributed by atoms with Crippen LogP contribution in [0, 0.1) is 0 Å². The van der Waals surface area contributed by atoms with Gasteiger partial charge in [0.1, 0.15) is 6.61 Å². The van der Waals surface area contributed by atoms with Crippen LogP contribution in [-0.4, -0.2) is 23.7 Å². The van der Waals surface area contributed by atoms with E-state index in [0.717, 1.165) is 11.8 Å². The standard InChI is InChI=1S/C21H19NO6/c1-21(2)27-19(24)16(20(25)28-21)12-22-17-11-7-6-10-15(17)18(23)26-13-14-8-4-3-5-9-14/h3-12,22H,13H2,1-2H3. The van der Waals surface area contributed by atoms with Crippen molar-refractivity contribution >= 4 is 23.6 Å². The first-order chi connectivity index (χ1) is 13.4. The van der Waals surface area contributed by atoms with Gasteiger partial charge in [-0.05, 0) is 17.7 Å². The minimum Gasteiger partial charge on any atom is -0.457 e. The topological polar surface area (TPSA) is 90.9 Å². The lowest BCUT2D eigenvalue weighted by atomic mass is 10.1. The van der Waals surface area contributed by atoms with Crippen molar-refractivity contribution in [1.29, 1.82) is 0 Å². The molecule has 3 rings (SSSR count). The molecule has 0 amide bonds. The van der Waals surface area contributed by atoms with Crippen molar-refractivity contribution in [3.05, 3.63) is 77.5 Å². The first-order valence-corrected chi connectivity index (χ1v) is 8.59. The van der Waals surface area contributed by atoms with Crippen molar-refractivity contribution in [1.82, 2.24) is 0 Å². The van der Waals surface area contributed by atoms with E-state index in [4.69, 9.17) is 14.2 Å². The van der Waals surface area contributed by atoms with Gasteiger partial charge in [-0.15, -0.1) is 0 Å². The fourth-order valence-electron chi connectivity index (χ4n) is 2.52. The van der Waals surface area contributed by atoms with Gasteiger partial charge >= 0.3 is 17.9 Å². The zero-order chi connectivity index (χ0) is 20.1. The maximum atomic E-state index is 12.4. The quantitative estimate of drug-likeness (QED) is 0.483. The van der Waals surface area contributed by atoms with E-state index in [9.17, 15) is 14.4 Å². The number of para-hydroxylation sites is 1. The minimum atomic E-state index is -1.31. The molecule has 2 aromatic rings. The van der Waals surface area contributed by atoms with E-state index in [2.05, 4.69) is 5.32 Å². The van der Waals surface area contributed by atoms with Gasteiger partial charge < -0.3 is 19.5 Å². The number of hydrogen-bond acceptors (Lipinski definition) is 7. The van der Waals surface area contributed by atoms with E-state index in [1.165, 1.54) is 13.8 Å². The first kappa shape index (κ1) is 19.2. The van der Waals surface area contributed by atoms with Gasteiger partial charge in [-0.3, -0.25) is 0 Å². The molecule has 0 spiro atoms. The average Bonchev–Trinajstić information content (AvgIpc) is 2.65. The maximum absolute atomic E-state index is 12.4. The van der Waals surface area contributed by atoms with Crippen molar-refractivity contribution in [3.8, 4) is 0 Å². The summed E-state index contributed by atoms with van der Waals surface area (Å²) in [7, 11) is 0. The Morgan fingerprint density at radius 1 is 1.00 bits per heavy atom. The highest BCUT2D eigenvalue weighted by molar-refractivity contribution is 6.15. The zero-order valence-electron chi connectivity index (χ0n) is 15.4. The van der Waals surface area contributed by atoms with Gasteiger partial charge in [0, 0.05) is 20.0 Å². The monoisotopic (exact) mass is 381 g/mol. The Balaban J connectivity index is 1.73. The Morgan fingerprint density at radius 3 is 2.29 bits per heavy atom. The Hall–Kier alpha value is -3.61. The first-order valence-electron chi connectivity index (χ1n) is 8.59. The van der Waals surface area contributed by atoms with Crippen LogP contribution in [0.15, 0.2) is 66.4 Å². The van der Waals surface area contributed by atoms with Crippen molar-refractivity contribution in [2.75, 3.05) is 5.32 Å². The largest absolute Gasteiger partial charge is 0.457 e. The molecule has 0 atom stereocenters. The molecule has 0 aromatic heterocycles. The van der Waals surface area contributed by atoms with Crippen molar-refractivity contribution in [2.24, 2.45) is 0 Å². The molecule has 7 heteroatoms. The molecule has 0 saturated carbocycles. The molecule has 7 nitrogen and oxygen atoms in total. The minimum absolute atomic E-state index is 0.128. The smallest absolute Gasteiger partial charge is 0.350 e. The van der Waals surface area contributed by atoms with Crippen LogP contribution in [0.25, 0.3) is 0 Å². The summed E-state index contributed by atoms with van der Waals surface area (Å²) in [5.74, 6) is -3.47. The highest BCUT2D eigenvalue weighted by Crippen LogP contribution is 2.23. The summed E-state index contributed by atoms with van der Waals surface area (Å²) < 4.78 is 15.4. The van der Waals surface area contributed by atoms with Gasteiger partial charge in [0.15, 0.2) is 5.57 Å². The zero-order valence-corrected chi connectivity index (χ0v) is 15.4. The summed E-state index contributed by atoms with van der Waals surface area (Å²) in [6.07, 6.45) is 1.16. The number of hydrogen-bond donors (Lipinski definition) is 1. The van der Waals surface area contributed by atoms with E-state index in [1.54, 1.807) is 24.3 Å². The number of anilines is 1. The van der Waals surface area contributed by atoms with Crippen LogP contribution >= 0.6 is 0 Å². The van der Waals surface area contributed by atoms with Crippen LogP contribution in [0.2, 0.25) is 0 Å². The van der Waals surface area contributed by atoms with Gasteiger partial charge in [-0.1, -0.05) is 42.5 Å². The molecule has 1 aliphatic heterocycles. The van der Waals surface area contributed by atoms with Gasteiger partial charge in [-0.2, -0.15) is 0 Å². The lowest BCUT2D eigenvalue weighted by Crippen LogP contribution is -2.42. The van der Waals surface area contributed by atoms with E-state index < -0.39 is 23.7 Å². The van der Waals surface area contributed by atoms with Crippen LogP contribution in [0.4, 0.5) is 5.69 Å². The Kier molecular flexibility index (Phi) is 5.44. The number of carbonyl (C=O) groups is 3. The fraction of sp³-hybridized carbons (Fsp3) is 0.190. The molecule has 0 unspecified atom stereocenters. The average molecular weight is 381 g/mol. The lowest BCUT2D eigenvalue weighted by molar-refractivity contribution is -0.222. The summed E-state index contributed by atoms with van der Waals surface area (Å²) in [5.41, 5.74) is 1.19. The van der Waals surface area contributed by atoms with Crippen molar-refractivity contribution in [3.63, 3.8) is 0 Å². The van der Waals surface area contributed by atoms with Gasteiger partial charge in [0.2, 0.25) is 0 Å². The molecule has 0 aliphatic carbocycles. The van der Waals surface area contributed by atoms with Crippen LogP contribution < -0.4 is 5.32 Å². The van der Waals surface area contributed by atoms with Crippen LogP contribution in [-0.2, 0) is 30.4 Å². The Labute approximate surface area is 161 Å². The normalized spacial score (nSPS) is 15.3. The van der Waals surface area contributed by atoms with E-state index >= 15 is 0 Å². The highest BCUT2D eigenvalue weighted by atomic mass is 16.7. The van der Waals surface area contributed by atoms with Crippen molar-refractivity contribution < 1.29 is 28.6 Å². The molecule has 1 heterocycles. The molecule has 1 fully saturated rings. The fourth-order valence-corrected chi connectivity index (χ4v) is 2.52. The van der Waals surface area contributed by atoms with Crippen LogP contribution in [0.5, 0.6) is 0 Å². The second-order valence-corrected chi connectivity index (χ2v) is 6.49. The number of benzene rings is 2. The highest BCUT2D eigenvalue weighted by Gasteiger charge is 2.39. The second kappa shape index (κ2) is 7.96. The van der Waals surface area contributed by atoms with Gasteiger partial charge in [0.05, 0.1) is 11.3 Å². The van der Waals surface area contributed by atoms with E-state index in [-0.39, 0.29) is 17.7 Å². The number of nitrogens with one attached hydrogen (secondary N) is 1. The predicted molar refractivity (Wildman–Crippen MR) is 100.0 cm³/mol. The van der Waals surface area contributed by atoms with E-state index in [1.807, 2.05) is 30.3 Å². The number of ether oxygens (including phenoxy) is 3. The third-order valence-electron chi connectivity index (χ3n) is 3.85. The molecule has 1 saturated heterocycles. The SMILES string of the molecule is CC1(C)OC(=O)C(=CNc2ccccc2C(=O)OCc2ccccc2)C(=O)O1. The number of carbonyl (C=O) groups excluding carboxylic acids is 3. The number of esters is 3. The summed E-state index contributed by atoms with van der Waals surface area (Å²) in [4.78, 5) is 36.4. The second-order valence-electron chi connectivity index (χ2n) is 6.49. The number of cyclic esters (lactones) is 2. The summed E-state index contributed by atoms with van der Waals surface area (Å²) in [5, 5.41) is 2.79. The summed E-state index contributed by atoms with van der Waals surface area (Å²) >= 11 is 0. The summed E-state index contributed by atoms with van der Waals surface area (Å²) in [6.45, 7) is 3.05. The third-order valence-corrected chi connectivity index (χ3v) is 3.85. The molecule has 1 aliphatic rings. The molecular formula is C21H19NO6. The molecule has 0 radical (unpaired) electrons. The lowest BCUT2D eigenvalue weighted by Gasteiger charge is -2.29. The van der Waals surface area contributed by atoms with Gasteiger partial charge in [-0.25, -0.2) is 14.4 Å². The maximum Gasteiger partial charge on any atom is 0.350 e. The molecule has 0 bridgehead atoms. The molecule has 1 N–H and O–H groups in total. The van der Waals surface area contributed by atoms with Gasteiger partial charge in [0.25, 0.3) is 5.79 Å². The Bertz CT molecular complexity index is 911. The molecular weight excluding hydrogens is 362 g/mol. The Morgan fingerprint density at radius 2 is 1.61 bits per heavy atom. The van der Waals surface area contributed by atoms with E-state index in [0.29, 0.717) is 5.69 Å². The third kappa shape index (κ3) is 4.56. The van der Waals surface area contributed by atoms with Crippen molar-refractivity contribution in [2.45, 2.75) is 26.2 Å². The molecule has 144 valence electrons. The predicted octanol–water partition coefficient (Wildman–Crippen LogP) is 3.18. The summed E-state index contributed by atoms with van der Waals surface area (Å²) in [6, 6.07) is 15.9. The number of rotatable bonds is 5. The molecule has 2 aromatic carbocycles.